The molecule has 0 aliphatic rings. The zero-order valence-corrected chi connectivity index (χ0v) is 17.8. The first-order valence-electron chi connectivity index (χ1n) is 9.54. The van der Waals surface area contributed by atoms with Crippen molar-refractivity contribution in [2.45, 2.75) is 57.4 Å². The minimum absolute atomic E-state index is 0.314. The minimum atomic E-state index is -3.17. The van der Waals surface area contributed by atoms with Gasteiger partial charge in [0.1, 0.15) is 5.75 Å². The van der Waals surface area contributed by atoms with Crippen molar-refractivity contribution in [3.05, 3.63) is 48.0 Å². The standard InChI is InChI=1S/C15H17NO3S.C7H16/c1-19-15-8-5-12(9-13(15)10-16)11-3-6-14(7-4-11)20(2,17)18;1-3-5-7-6-4-2/h3-9H,10,16H2,1-2H3;3-7H2,1-2H3. The van der Waals surface area contributed by atoms with E-state index in [0.717, 1.165) is 22.4 Å². The highest BCUT2D eigenvalue weighted by molar-refractivity contribution is 7.90. The predicted molar refractivity (Wildman–Crippen MR) is 114 cm³/mol. The molecule has 4 nitrogen and oxygen atoms in total. The summed E-state index contributed by atoms with van der Waals surface area (Å²) in [6.45, 7) is 4.88. The van der Waals surface area contributed by atoms with Crippen molar-refractivity contribution in [3.8, 4) is 16.9 Å². The molecule has 0 aliphatic carbocycles. The summed E-state index contributed by atoms with van der Waals surface area (Å²) >= 11 is 0. The third kappa shape index (κ3) is 7.73. The van der Waals surface area contributed by atoms with E-state index in [1.165, 1.54) is 38.4 Å². The largest absolute Gasteiger partial charge is 0.496 e. The zero-order chi connectivity index (χ0) is 20.3. The maximum Gasteiger partial charge on any atom is 0.175 e. The number of sulfone groups is 1. The van der Waals surface area contributed by atoms with E-state index in [2.05, 4.69) is 13.8 Å². The van der Waals surface area contributed by atoms with Gasteiger partial charge in [0.25, 0.3) is 0 Å². The van der Waals surface area contributed by atoms with Crippen LogP contribution in [0, 0.1) is 0 Å². The smallest absolute Gasteiger partial charge is 0.175 e. The Labute approximate surface area is 164 Å². The zero-order valence-electron chi connectivity index (χ0n) is 17.0. The number of hydrogen-bond donors (Lipinski definition) is 1. The van der Waals surface area contributed by atoms with Crippen molar-refractivity contribution >= 4 is 9.84 Å². The quantitative estimate of drug-likeness (QED) is 0.628. The molecule has 0 atom stereocenters. The molecule has 0 amide bonds. The molecule has 0 saturated heterocycles. The Bertz CT molecular complexity index is 780. The molecule has 2 N–H and O–H groups in total. The third-order valence-corrected chi connectivity index (χ3v) is 5.45. The normalized spacial score (nSPS) is 10.9. The summed E-state index contributed by atoms with van der Waals surface area (Å²) in [6.07, 6.45) is 8.20. The number of hydrogen-bond acceptors (Lipinski definition) is 4. The fraction of sp³-hybridized carbons (Fsp3) is 0.455. The number of benzene rings is 2. The lowest BCUT2D eigenvalue weighted by molar-refractivity contribution is 0.410. The van der Waals surface area contributed by atoms with Crippen LogP contribution in [0.15, 0.2) is 47.4 Å². The first kappa shape index (κ1) is 23.2. The van der Waals surface area contributed by atoms with Gasteiger partial charge >= 0.3 is 0 Å². The molecule has 0 fully saturated rings. The van der Waals surface area contributed by atoms with Crippen LogP contribution in [-0.2, 0) is 16.4 Å². The van der Waals surface area contributed by atoms with E-state index in [9.17, 15) is 8.42 Å². The lowest BCUT2D eigenvalue weighted by Crippen LogP contribution is -2.00. The average Bonchev–Trinajstić information content (AvgIpc) is 2.68. The van der Waals surface area contributed by atoms with Gasteiger partial charge in [-0.2, -0.15) is 0 Å². The third-order valence-electron chi connectivity index (χ3n) is 4.32. The van der Waals surface area contributed by atoms with Crippen LogP contribution in [0.4, 0.5) is 0 Å². The average molecular weight is 392 g/mol. The van der Waals surface area contributed by atoms with E-state index in [1.807, 2.05) is 18.2 Å². The molecule has 2 rings (SSSR count). The van der Waals surface area contributed by atoms with E-state index in [-0.39, 0.29) is 0 Å². The van der Waals surface area contributed by atoms with Crippen molar-refractivity contribution in [3.63, 3.8) is 0 Å². The minimum Gasteiger partial charge on any atom is -0.496 e. The molecule has 27 heavy (non-hydrogen) atoms. The van der Waals surface area contributed by atoms with Crippen molar-refractivity contribution in [1.29, 1.82) is 0 Å². The molecule has 0 bridgehead atoms. The molecule has 0 heterocycles. The van der Waals surface area contributed by atoms with Crippen LogP contribution in [0.25, 0.3) is 11.1 Å². The highest BCUT2D eigenvalue weighted by Gasteiger charge is 2.08. The first-order valence-corrected chi connectivity index (χ1v) is 11.4. The van der Waals surface area contributed by atoms with Gasteiger partial charge in [-0.05, 0) is 35.4 Å². The van der Waals surface area contributed by atoms with Gasteiger partial charge in [-0.1, -0.05) is 64.2 Å². The van der Waals surface area contributed by atoms with Gasteiger partial charge in [-0.25, -0.2) is 8.42 Å². The van der Waals surface area contributed by atoms with Crippen molar-refractivity contribution in [2.75, 3.05) is 13.4 Å². The Balaban J connectivity index is 0.000000445. The molecule has 2 aromatic rings. The second-order valence-electron chi connectivity index (χ2n) is 6.59. The molecule has 0 spiro atoms. The van der Waals surface area contributed by atoms with E-state index >= 15 is 0 Å². The van der Waals surface area contributed by atoms with Gasteiger partial charge in [0, 0.05) is 18.4 Å². The molecular formula is C22H33NO3S. The van der Waals surface area contributed by atoms with Crippen LogP contribution < -0.4 is 10.5 Å². The highest BCUT2D eigenvalue weighted by Crippen LogP contribution is 2.27. The lowest BCUT2D eigenvalue weighted by Gasteiger charge is -2.09. The van der Waals surface area contributed by atoms with Crippen LogP contribution in [-0.4, -0.2) is 21.8 Å². The lowest BCUT2D eigenvalue weighted by atomic mass is 10.0. The summed E-state index contributed by atoms with van der Waals surface area (Å²) in [5.41, 5.74) is 8.53. The van der Waals surface area contributed by atoms with Crippen LogP contribution in [0.5, 0.6) is 5.75 Å². The second kappa shape index (κ2) is 11.8. The summed E-state index contributed by atoms with van der Waals surface area (Å²) in [6, 6.07) is 12.5. The van der Waals surface area contributed by atoms with E-state index in [1.54, 1.807) is 31.4 Å². The Morgan fingerprint density at radius 3 is 1.89 bits per heavy atom. The predicted octanol–water partition coefficient (Wildman–Crippen LogP) is 5.20. The van der Waals surface area contributed by atoms with E-state index in [0.29, 0.717) is 11.4 Å². The van der Waals surface area contributed by atoms with Gasteiger partial charge in [0.15, 0.2) is 9.84 Å². The molecule has 0 radical (unpaired) electrons. The number of ether oxygens (including phenoxy) is 1. The fourth-order valence-electron chi connectivity index (χ4n) is 2.69. The number of nitrogens with two attached hydrogens (primary N) is 1. The molecule has 0 unspecified atom stereocenters. The van der Waals surface area contributed by atoms with Crippen LogP contribution in [0.1, 0.15) is 51.5 Å². The Morgan fingerprint density at radius 2 is 1.44 bits per heavy atom. The fourth-order valence-corrected chi connectivity index (χ4v) is 3.32. The van der Waals surface area contributed by atoms with E-state index in [4.69, 9.17) is 10.5 Å². The van der Waals surface area contributed by atoms with Crippen LogP contribution in [0.2, 0.25) is 0 Å². The Hall–Kier alpha value is -1.85. The highest BCUT2D eigenvalue weighted by atomic mass is 32.2. The van der Waals surface area contributed by atoms with Gasteiger partial charge in [0.05, 0.1) is 12.0 Å². The van der Waals surface area contributed by atoms with Crippen molar-refractivity contribution < 1.29 is 13.2 Å². The topological polar surface area (TPSA) is 69.4 Å². The number of methoxy groups -OCH3 is 1. The van der Waals surface area contributed by atoms with Crippen molar-refractivity contribution in [2.24, 2.45) is 5.73 Å². The Kier molecular flexibility index (Phi) is 10.1. The maximum absolute atomic E-state index is 11.4. The molecule has 0 aliphatic heterocycles. The van der Waals surface area contributed by atoms with Crippen LogP contribution >= 0.6 is 0 Å². The molecular weight excluding hydrogens is 358 g/mol. The van der Waals surface area contributed by atoms with Crippen molar-refractivity contribution in [1.82, 2.24) is 0 Å². The molecule has 150 valence electrons. The summed E-state index contributed by atoms with van der Waals surface area (Å²) in [4.78, 5) is 0.314. The SMILES string of the molecule is CCCCCCC.COc1ccc(-c2ccc(S(C)(=O)=O)cc2)cc1CN. The molecule has 0 saturated carbocycles. The Morgan fingerprint density at radius 1 is 0.889 bits per heavy atom. The number of unbranched alkanes of at least 4 members (excludes halogenated alkanes) is 4. The molecule has 5 heteroatoms. The molecule has 0 aromatic heterocycles. The van der Waals surface area contributed by atoms with E-state index < -0.39 is 9.84 Å². The molecule has 2 aromatic carbocycles. The summed E-state index contributed by atoms with van der Waals surface area (Å²) in [5.74, 6) is 0.754. The van der Waals surface area contributed by atoms with Gasteiger partial charge in [-0.15, -0.1) is 0 Å². The first-order chi connectivity index (χ1) is 12.9. The summed E-state index contributed by atoms with van der Waals surface area (Å²) in [5, 5.41) is 0. The maximum atomic E-state index is 11.4. The van der Waals surface area contributed by atoms with Gasteiger partial charge in [0.2, 0.25) is 0 Å². The van der Waals surface area contributed by atoms with Gasteiger partial charge < -0.3 is 10.5 Å². The second-order valence-corrected chi connectivity index (χ2v) is 8.60. The number of rotatable bonds is 8. The summed E-state index contributed by atoms with van der Waals surface area (Å²) in [7, 11) is -1.56. The summed E-state index contributed by atoms with van der Waals surface area (Å²) < 4.78 is 28.1. The van der Waals surface area contributed by atoms with Crippen LogP contribution in [0.3, 0.4) is 0 Å². The monoisotopic (exact) mass is 391 g/mol. The van der Waals surface area contributed by atoms with Gasteiger partial charge in [-0.3, -0.25) is 0 Å².